The summed E-state index contributed by atoms with van der Waals surface area (Å²) in [6, 6.07) is 4.02. The molecule has 8 nitrogen and oxygen atoms in total. The minimum atomic E-state index is -0.542. The van der Waals surface area contributed by atoms with Crippen molar-refractivity contribution in [3.05, 3.63) is 28.8 Å². The Balaban J connectivity index is 1.77. The average Bonchev–Trinajstić information content (AvgIpc) is 3.09. The zero-order chi connectivity index (χ0) is 23.3. The van der Waals surface area contributed by atoms with Gasteiger partial charge < -0.3 is 20.3 Å². The van der Waals surface area contributed by atoms with Gasteiger partial charge in [0.05, 0.1) is 13.1 Å². The molecule has 172 valence electrons. The third-order valence-corrected chi connectivity index (χ3v) is 5.23. The van der Waals surface area contributed by atoms with E-state index in [-0.39, 0.29) is 37.0 Å². The zero-order valence-corrected chi connectivity index (χ0v) is 19.8. The van der Waals surface area contributed by atoms with E-state index in [9.17, 15) is 14.4 Å². The highest BCUT2D eigenvalue weighted by atomic mass is 16.6. The van der Waals surface area contributed by atoms with Crippen molar-refractivity contribution in [1.82, 2.24) is 15.1 Å². The number of benzene rings is 1. The van der Waals surface area contributed by atoms with Gasteiger partial charge in [0, 0.05) is 31.9 Å². The molecule has 1 aliphatic heterocycles. The van der Waals surface area contributed by atoms with E-state index >= 15 is 0 Å². The van der Waals surface area contributed by atoms with Crippen LogP contribution in [0.15, 0.2) is 12.1 Å². The van der Waals surface area contributed by atoms with Crippen LogP contribution in [-0.4, -0.2) is 72.6 Å². The molecule has 8 heteroatoms. The van der Waals surface area contributed by atoms with Gasteiger partial charge in [-0.2, -0.15) is 0 Å². The van der Waals surface area contributed by atoms with Crippen LogP contribution in [0, 0.1) is 20.8 Å². The standard InChI is InChI=1S/C23H36N4O4/c1-15-10-16(2)21(17(3)11-15)25-19(28)12-24-20(29)14-27-9-8-18(13-27)26(7)22(30)31-23(4,5)6/h10-11,18H,8-9,12-14H2,1-7H3,(H,24,29)(H,25,28)/t18-/m0/s1. The predicted molar refractivity (Wildman–Crippen MR) is 121 cm³/mol. The number of likely N-dealkylation sites (tertiary alicyclic amines) is 1. The summed E-state index contributed by atoms with van der Waals surface area (Å²) in [7, 11) is 1.72. The molecule has 1 aromatic rings. The summed E-state index contributed by atoms with van der Waals surface area (Å²) in [6.07, 6.45) is 0.414. The lowest BCUT2D eigenvalue weighted by Gasteiger charge is -2.28. The lowest BCUT2D eigenvalue weighted by molar-refractivity contribution is -0.124. The highest BCUT2D eigenvalue weighted by Gasteiger charge is 2.31. The molecule has 0 aromatic heterocycles. The molecule has 1 aliphatic rings. The lowest BCUT2D eigenvalue weighted by Crippen LogP contribution is -2.43. The number of carbonyl (C=O) groups is 3. The Morgan fingerprint density at radius 2 is 1.74 bits per heavy atom. The summed E-state index contributed by atoms with van der Waals surface area (Å²) in [6.45, 7) is 12.8. The van der Waals surface area contributed by atoms with Gasteiger partial charge in [0.25, 0.3) is 0 Å². The van der Waals surface area contributed by atoms with Crippen LogP contribution in [0.2, 0.25) is 0 Å². The van der Waals surface area contributed by atoms with Gasteiger partial charge >= 0.3 is 6.09 Å². The molecule has 1 heterocycles. The van der Waals surface area contributed by atoms with Gasteiger partial charge in [-0.25, -0.2) is 4.79 Å². The molecule has 0 unspecified atom stereocenters. The summed E-state index contributed by atoms with van der Waals surface area (Å²) >= 11 is 0. The van der Waals surface area contributed by atoms with E-state index in [1.165, 1.54) is 0 Å². The van der Waals surface area contributed by atoms with Gasteiger partial charge in [0.15, 0.2) is 0 Å². The molecule has 0 spiro atoms. The molecule has 0 saturated carbocycles. The summed E-state index contributed by atoms with van der Waals surface area (Å²) in [5.41, 5.74) is 3.38. The Bertz CT molecular complexity index is 808. The smallest absolute Gasteiger partial charge is 0.410 e. The van der Waals surface area contributed by atoms with Crippen molar-refractivity contribution in [2.24, 2.45) is 0 Å². The summed E-state index contributed by atoms with van der Waals surface area (Å²) in [5.74, 6) is -0.472. The number of hydrogen-bond acceptors (Lipinski definition) is 5. The molecule has 1 fully saturated rings. The first-order chi connectivity index (χ1) is 14.4. The number of carbonyl (C=O) groups excluding carboxylic acids is 3. The highest BCUT2D eigenvalue weighted by molar-refractivity contribution is 5.96. The topological polar surface area (TPSA) is 91.0 Å². The second-order valence-corrected chi connectivity index (χ2v) is 9.37. The van der Waals surface area contributed by atoms with Gasteiger partial charge in [0.1, 0.15) is 5.60 Å². The van der Waals surface area contributed by atoms with Crippen molar-refractivity contribution in [1.29, 1.82) is 0 Å². The number of ether oxygens (including phenoxy) is 1. The Labute approximate surface area is 185 Å². The highest BCUT2D eigenvalue weighted by Crippen LogP contribution is 2.21. The third kappa shape index (κ3) is 7.54. The van der Waals surface area contributed by atoms with Crippen LogP contribution in [0.1, 0.15) is 43.9 Å². The number of aryl methyl sites for hydroxylation is 3. The number of nitrogens with zero attached hydrogens (tertiary/aromatic N) is 2. The van der Waals surface area contributed by atoms with E-state index in [0.29, 0.717) is 13.1 Å². The van der Waals surface area contributed by atoms with Crippen LogP contribution < -0.4 is 10.6 Å². The first kappa shape index (κ1) is 24.7. The molecule has 3 amide bonds. The minimum absolute atomic E-state index is 0.00145. The second-order valence-electron chi connectivity index (χ2n) is 9.37. The second kappa shape index (κ2) is 10.1. The van der Waals surface area contributed by atoms with Gasteiger partial charge in [-0.15, -0.1) is 0 Å². The summed E-state index contributed by atoms with van der Waals surface area (Å²) in [5, 5.41) is 5.56. The van der Waals surface area contributed by atoms with Crippen LogP contribution in [0.3, 0.4) is 0 Å². The SMILES string of the molecule is Cc1cc(C)c(NC(=O)CNC(=O)CN2CC[C@H](N(C)C(=O)OC(C)(C)C)C2)c(C)c1. The Hall–Kier alpha value is -2.61. The van der Waals surface area contributed by atoms with Gasteiger partial charge in [-0.1, -0.05) is 17.7 Å². The van der Waals surface area contributed by atoms with E-state index in [4.69, 9.17) is 4.74 Å². The van der Waals surface area contributed by atoms with E-state index in [1.807, 2.05) is 58.6 Å². The van der Waals surface area contributed by atoms with Crippen molar-refractivity contribution in [2.75, 3.05) is 38.5 Å². The predicted octanol–water partition coefficient (Wildman–Crippen LogP) is 2.61. The van der Waals surface area contributed by atoms with Gasteiger partial charge in [-0.05, 0) is 59.1 Å². The molecule has 0 aliphatic carbocycles. The molecular weight excluding hydrogens is 396 g/mol. The number of hydrogen-bond donors (Lipinski definition) is 2. The fourth-order valence-electron chi connectivity index (χ4n) is 3.75. The van der Waals surface area contributed by atoms with Crippen LogP contribution in [0.5, 0.6) is 0 Å². The van der Waals surface area contributed by atoms with Crippen molar-refractivity contribution in [3.8, 4) is 0 Å². The fraction of sp³-hybridized carbons (Fsp3) is 0.609. The number of rotatable bonds is 6. The van der Waals surface area contributed by atoms with Crippen LogP contribution in [-0.2, 0) is 14.3 Å². The Morgan fingerprint density at radius 1 is 1.13 bits per heavy atom. The normalized spacial score (nSPS) is 16.7. The van der Waals surface area contributed by atoms with Crippen molar-refractivity contribution < 1.29 is 19.1 Å². The molecule has 1 atom stereocenters. The van der Waals surface area contributed by atoms with Crippen molar-refractivity contribution >= 4 is 23.6 Å². The van der Waals surface area contributed by atoms with Gasteiger partial charge in [-0.3, -0.25) is 14.5 Å². The quantitative estimate of drug-likeness (QED) is 0.721. The first-order valence-electron chi connectivity index (χ1n) is 10.7. The monoisotopic (exact) mass is 432 g/mol. The van der Waals surface area contributed by atoms with E-state index < -0.39 is 5.60 Å². The van der Waals surface area contributed by atoms with E-state index in [0.717, 1.165) is 28.8 Å². The largest absolute Gasteiger partial charge is 0.444 e. The molecule has 2 rings (SSSR count). The number of nitrogens with one attached hydrogen (secondary N) is 2. The maximum absolute atomic E-state index is 12.3. The zero-order valence-electron chi connectivity index (χ0n) is 19.8. The summed E-state index contributed by atoms with van der Waals surface area (Å²) in [4.78, 5) is 40.4. The maximum Gasteiger partial charge on any atom is 0.410 e. The molecule has 1 aromatic carbocycles. The molecule has 0 radical (unpaired) electrons. The Kier molecular flexibility index (Phi) is 8.06. The molecule has 0 bridgehead atoms. The molecular formula is C23H36N4O4. The first-order valence-corrected chi connectivity index (χ1v) is 10.7. The van der Waals surface area contributed by atoms with Crippen LogP contribution >= 0.6 is 0 Å². The Morgan fingerprint density at radius 3 is 2.32 bits per heavy atom. The third-order valence-electron chi connectivity index (χ3n) is 5.23. The number of amides is 3. The minimum Gasteiger partial charge on any atom is -0.444 e. The molecule has 1 saturated heterocycles. The van der Waals surface area contributed by atoms with Crippen LogP contribution in [0.4, 0.5) is 10.5 Å². The molecule has 31 heavy (non-hydrogen) atoms. The van der Waals surface area contributed by atoms with Crippen molar-refractivity contribution in [3.63, 3.8) is 0 Å². The fourth-order valence-corrected chi connectivity index (χ4v) is 3.75. The lowest BCUT2D eigenvalue weighted by atomic mass is 10.1. The average molecular weight is 433 g/mol. The number of likely N-dealkylation sites (N-methyl/N-ethyl adjacent to an activating group) is 1. The molecule has 2 N–H and O–H groups in total. The van der Waals surface area contributed by atoms with Crippen molar-refractivity contribution in [2.45, 2.75) is 59.6 Å². The van der Waals surface area contributed by atoms with Crippen LogP contribution in [0.25, 0.3) is 0 Å². The number of anilines is 1. The van der Waals surface area contributed by atoms with Gasteiger partial charge in [0.2, 0.25) is 11.8 Å². The maximum atomic E-state index is 12.3. The summed E-state index contributed by atoms with van der Waals surface area (Å²) < 4.78 is 5.41. The van der Waals surface area contributed by atoms with E-state index in [1.54, 1.807) is 11.9 Å². The van der Waals surface area contributed by atoms with E-state index in [2.05, 4.69) is 10.6 Å².